The van der Waals surface area contributed by atoms with E-state index in [0.717, 1.165) is 12.1 Å². The molecule has 0 saturated carbocycles. The molecular weight excluding hydrogens is 500 g/mol. The molecule has 0 fully saturated rings. The van der Waals surface area contributed by atoms with Gasteiger partial charge in [0, 0.05) is 12.2 Å². The number of rotatable bonds is 5. The zero-order chi connectivity index (χ0) is 26.3. The second-order valence-electron chi connectivity index (χ2n) is 7.08. The van der Waals surface area contributed by atoms with Crippen molar-refractivity contribution >= 4 is 5.69 Å². The third-order valence-corrected chi connectivity index (χ3v) is 4.72. The first kappa shape index (κ1) is 27.6. The van der Waals surface area contributed by atoms with E-state index in [1.165, 1.54) is 0 Å². The number of benzene rings is 2. The van der Waals surface area contributed by atoms with Crippen LogP contribution in [0.3, 0.4) is 0 Å². The van der Waals surface area contributed by atoms with Gasteiger partial charge in [-0.1, -0.05) is 6.07 Å². The van der Waals surface area contributed by atoms with Gasteiger partial charge in [0.1, 0.15) is 0 Å². The molecule has 0 aromatic heterocycles. The summed E-state index contributed by atoms with van der Waals surface area (Å²) in [5.41, 5.74) is -7.65. The lowest BCUT2D eigenvalue weighted by Gasteiger charge is -2.32. The van der Waals surface area contributed by atoms with Gasteiger partial charge in [0.2, 0.25) is 5.60 Å². The highest BCUT2D eigenvalue weighted by molar-refractivity contribution is 5.50. The predicted octanol–water partition coefficient (Wildman–Crippen LogP) is 6.06. The van der Waals surface area contributed by atoms with Crippen LogP contribution in [-0.2, 0) is 30.7 Å². The summed E-state index contributed by atoms with van der Waals surface area (Å²) < 4.78 is 159. The molecule has 34 heavy (non-hydrogen) atoms. The van der Waals surface area contributed by atoms with Gasteiger partial charge >= 0.3 is 24.7 Å². The maximum Gasteiger partial charge on any atom is 0.423 e. The summed E-state index contributed by atoms with van der Waals surface area (Å²) in [7, 11) is 0. The maximum absolute atomic E-state index is 13.7. The molecular formula is C19H14F12N2O. The molecule has 2 rings (SSSR count). The van der Waals surface area contributed by atoms with Crippen LogP contribution in [0, 0.1) is 0 Å². The standard InChI is InChI=1S/C19H14F12N2O/c20-16(21,22)11-3-10(4-12(5-11)17(23,24)25)15(34,19(29,30)31)8-33-13-2-1-9(7-32)14(6-13)18(26,27)28/h1-6,33-34H,7-8,32H2/t15-/m1/s1. The molecule has 0 bridgehead atoms. The Kier molecular flexibility index (Phi) is 7.16. The van der Waals surface area contributed by atoms with E-state index in [4.69, 9.17) is 5.73 Å². The second-order valence-corrected chi connectivity index (χ2v) is 7.08. The molecule has 0 heterocycles. The first-order chi connectivity index (χ1) is 15.2. The Morgan fingerprint density at radius 1 is 0.676 bits per heavy atom. The Morgan fingerprint density at radius 3 is 1.53 bits per heavy atom. The van der Waals surface area contributed by atoms with Crippen molar-refractivity contribution in [2.45, 2.75) is 36.9 Å². The van der Waals surface area contributed by atoms with Crippen LogP contribution in [0.4, 0.5) is 58.4 Å². The minimum atomic E-state index is -5.84. The van der Waals surface area contributed by atoms with Crippen LogP contribution in [-0.4, -0.2) is 17.8 Å². The molecule has 0 aliphatic heterocycles. The minimum absolute atomic E-state index is 0.316. The molecule has 2 aromatic carbocycles. The normalized spacial score (nSPS) is 15.2. The van der Waals surface area contributed by atoms with E-state index in [0.29, 0.717) is 6.07 Å². The summed E-state index contributed by atoms with van der Waals surface area (Å²) in [5, 5.41) is 12.0. The molecule has 2 aromatic rings. The summed E-state index contributed by atoms with van der Waals surface area (Å²) in [4.78, 5) is 0. The van der Waals surface area contributed by atoms with Crippen molar-refractivity contribution in [3.05, 3.63) is 64.2 Å². The number of halogens is 12. The highest BCUT2D eigenvalue weighted by Gasteiger charge is 2.56. The topological polar surface area (TPSA) is 58.3 Å². The molecule has 0 radical (unpaired) electrons. The van der Waals surface area contributed by atoms with Crippen LogP contribution in [0.15, 0.2) is 36.4 Å². The number of hydrogen-bond donors (Lipinski definition) is 3. The van der Waals surface area contributed by atoms with Crippen LogP contribution >= 0.6 is 0 Å². The van der Waals surface area contributed by atoms with E-state index in [9.17, 15) is 57.8 Å². The van der Waals surface area contributed by atoms with Crippen molar-refractivity contribution in [2.75, 3.05) is 11.9 Å². The average molecular weight is 514 g/mol. The quantitative estimate of drug-likeness (QED) is 0.425. The molecule has 0 unspecified atom stereocenters. The summed E-state index contributed by atoms with van der Waals surface area (Å²) in [6.07, 6.45) is -21.8. The lowest BCUT2D eigenvalue weighted by Crippen LogP contribution is -2.48. The summed E-state index contributed by atoms with van der Waals surface area (Å²) in [6, 6.07) is 0.929. The average Bonchev–Trinajstić information content (AvgIpc) is 2.68. The van der Waals surface area contributed by atoms with Gasteiger partial charge in [0.15, 0.2) is 0 Å². The van der Waals surface area contributed by atoms with E-state index in [-0.39, 0.29) is 12.1 Å². The molecule has 0 amide bonds. The number of nitrogens with one attached hydrogen (secondary N) is 1. The van der Waals surface area contributed by atoms with Crippen LogP contribution in [0.25, 0.3) is 0 Å². The minimum Gasteiger partial charge on any atom is -0.381 e. The Bertz CT molecular complexity index is 992. The Balaban J connectivity index is 2.59. The molecule has 0 aliphatic carbocycles. The van der Waals surface area contributed by atoms with Crippen molar-refractivity contribution in [3.63, 3.8) is 0 Å². The van der Waals surface area contributed by atoms with Gasteiger partial charge in [-0.15, -0.1) is 0 Å². The monoisotopic (exact) mass is 514 g/mol. The number of anilines is 1. The summed E-state index contributed by atoms with van der Waals surface area (Å²) in [6.45, 7) is -2.40. The van der Waals surface area contributed by atoms with Crippen molar-refractivity contribution in [1.29, 1.82) is 0 Å². The van der Waals surface area contributed by atoms with Gasteiger partial charge in [-0.25, -0.2) is 0 Å². The van der Waals surface area contributed by atoms with Gasteiger partial charge in [-0.05, 0) is 41.5 Å². The van der Waals surface area contributed by atoms with Crippen molar-refractivity contribution < 1.29 is 57.8 Å². The molecule has 3 nitrogen and oxygen atoms in total. The van der Waals surface area contributed by atoms with E-state index in [2.05, 4.69) is 0 Å². The van der Waals surface area contributed by atoms with Gasteiger partial charge in [0.25, 0.3) is 0 Å². The number of nitrogens with two attached hydrogens (primary N) is 1. The molecule has 0 spiro atoms. The van der Waals surface area contributed by atoms with Crippen molar-refractivity contribution in [3.8, 4) is 0 Å². The summed E-state index contributed by atoms with van der Waals surface area (Å²) in [5.74, 6) is 0. The smallest absolute Gasteiger partial charge is 0.381 e. The molecule has 1 atom stereocenters. The number of hydrogen-bond acceptors (Lipinski definition) is 3. The fourth-order valence-electron chi connectivity index (χ4n) is 2.92. The lowest BCUT2D eigenvalue weighted by atomic mass is 9.89. The summed E-state index contributed by atoms with van der Waals surface area (Å²) >= 11 is 0. The first-order valence-electron chi connectivity index (χ1n) is 8.93. The highest BCUT2D eigenvalue weighted by atomic mass is 19.4. The molecule has 0 saturated heterocycles. The Labute approximate surface area is 183 Å². The third kappa shape index (κ3) is 5.87. The highest BCUT2D eigenvalue weighted by Crippen LogP contribution is 2.44. The van der Waals surface area contributed by atoms with Crippen molar-refractivity contribution in [2.24, 2.45) is 5.73 Å². The zero-order valence-corrected chi connectivity index (χ0v) is 16.4. The lowest BCUT2D eigenvalue weighted by molar-refractivity contribution is -0.261. The zero-order valence-electron chi connectivity index (χ0n) is 16.4. The number of alkyl halides is 12. The molecule has 190 valence electrons. The van der Waals surface area contributed by atoms with Crippen LogP contribution in [0.5, 0.6) is 0 Å². The maximum atomic E-state index is 13.7. The second kappa shape index (κ2) is 8.83. The molecule has 0 aliphatic rings. The Morgan fingerprint density at radius 2 is 1.15 bits per heavy atom. The van der Waals surface area contributed by atoms with Crippen molar-refractivity contribution in [1.82, 2.24) is 0 Å². The van der Waals surface area contributed by atoms with E-state index >= 15 is 0 Å². The van der Waals surface area contributed by atoms with Gasteiger partial charge in [0.05, 0.1) is 23.2 Å². The first-order valence-corrected chi connectivity index (χ1v) is 8.93. The van der Waals surface area contributed by atoms with Crippen LogP contribution in [0.1, 0.15) is 27.8 Å². The largest absolute Gasteiger partial charge is 0.423 e. The fraction of sp³-hybridized carbons (Fsp3) is 0.368. The molecule has 15 heteroatoms. The predicted molar refractivity (Wildman–Crippen MR) is 94.2 cm³/mol. The van der Waals surface area contributed by atoms with E-state index in [1.807, 2.05) is 0 Å². The van der Waals surface area contributed by atoms with Gasteiger partial charge in [-0.3, -0.25) is 0 Å². The number of aliphatic hydroxyl groups is 1. The van der Waals surface area contributed by atoms with Crippen LogP contribution in [0.2, 0.25) is 0 Å². The SMILES string of the molecule is NCc1ccc(NC[C@@](O)(c2cc(C(F)(F)F)cc(C(F)(F)F)c2)C(F)(F)F)cc1C(F)(F)F. The van der Waals surface area contributed by atoms with Crippen LogP contribution < -0.4 is 11.1 Å². The fourth-order valence-corrected chi connectivity index (χ4v) is 2.92. The molecule has 4 N–H and O–H groups in total. The third-order valence-electron chi connectivity index (χ3n) is 4.72. The van der Waals surface area contributed by atoms with Gasteiger partial charge < -0.3 is 16.2 Å². The van der Waals surface area contributed by atoms with Gasteiger partial charge in [-0.2, -0.15) is 52.7 Å². The Hall–Kier alpha value is -2.68. The van der Waals surface area contributed by atoms with E-state index in [1.54, 1.807) is 5.32 Å². The van der Waals surface area contributed by atoms with E-state index < -0.39 is 83.0 Å².